The van der Waals surface area contributed by atoms with Gasteiger partial charge >= 0.3 is 0 Å². The van der Waals surface area contributed by atoms with Crippen LogP contribution in [0.5, 0.6) is 0 Å². The summed E-state index contributed by atoms with van der Waals surface area (Å²) >= 11 is 0. The first kappa shape index (κ1) is 22.3. The Hall–Kier alpha value is -3.93. The monoisotopic (exact) mass is 441 g/mol. The molecule has 33 heavy (non-hydrogen) atoms. The molecule has 168 valence electrons. The van der Waals surface area contributed by atoms with Crippen molar-refractivity contribution in [3.05, 3.63) is 102 Å². The highest BCUT2D eigenvalue weighted by molar-refractivity contribution is 5.99. The summed E-state index contributed by atoms with van der Waals surface area (Å²) in [6.45, 7) is -0.223. The number of likely N-dealkylation sites (N-methyl/N-ethyl adjacent to an activating group) is 1. The van der Waals surface area contributed by atoms with Crippen LogP contribution in [0.25, 0.3) is 0 Å². The molecule has 0 spiro atoms. The molecule has 0 bridgehead atoms. The zero-order chi connectivity index (χ0) is 23.2. The first-order valence-electron chi connectivity index (χ1n) is 11.0. The molecule has 0 saturated heterocycles. The van der Waals surface area contributed by atoms with Crippen LogP contribution in [-0.4, -0.2) is 42.8 Å². The number of carbonyl (C=O) groups is 3. The zero-order valence-corrected chi connectivity index (χ0v) is 18.6. The lowest BCUT2D eigenvalue weighted by Gasteiger charge is -2.30. The van der Waals surface area contributed by atoms with Crippen molar-refractivity contribution in [3.63, 3.8) is 0 Å². The molecule has 0 aliphatic carbocycles. The summed E-state index contributed by atoms with van der Waals surface area (Å²) in [7, 11) is 1.72. The summed E-state index contributed by atoms with van der Waals surface area (Å²) in [5, 5.41) is 2.74. The van der Waals surface area contributed by atoms with Crippen molar-refractivity contribution in [2.75, 3.05) is 25.0 Å². The van der Waals surface area contributed by atoms with Gasteiger partial charge in [0.05, 0.1) is 12.6 Å². The number of carbonyl (C=O) groups excluding carboxylic acids is 3. The summed E-state index contributed by atoms with van der Waals surface area (Å²) in [5.41, 5.74) is 3.64. The van der Waals surface area contributed by atoms with Gasteiger partial charge in [-0.15, -0.1) is 0 Å². The van der Waals surface area contributed by atoms with E-state index in [9.17, 15) is 14.4 Å². The quantitative estimate of drug-likeness (QED) is 0.638. The number of hydrogen-bond donors (Lipinski definition) is 1. The highest BCUT2D eigenvalue weighted by Gasteiger charge is 2.35. The van der Waals surface area contributed by atoms with Crippen molar-refractivity contribution < 1.29 is 14.4 Å². The first-order valence-corrected chi connectivity index (χ1v) is 11.0. The molecule has 1 aliphatic heterocycles. The second kappa shape index (κ2) is 10.1. The smallest absolute Gasteiger partial charge is 0.246 e. The fraction of sp³-hybridized carbons (Fsp3) is 0.222. The number of amides is 3. The molecular weight excluding hydrogens is 414 g/mol. The Labute approximate surface area is 193 Å². The zero-order valence-electron chi connectivity index (χ0n) is 18.6. The maximum Gasteiger partial charge on any atom is 0.246 e. The minimum atomic E-state index is -0.426. The average molecular weight is 442 g/mol. The van der Waals surface area contributed by atoms with Crippen LogP contribution in [0, 0.1) is 0 Å². The SMILES string of the molecule is CN1C(=O)CN(C(=O)CNC(=O)CCc2ccccc2)C(c2ccccc2)c2ccccc21. The van der Waals surface area contributed by atoms with Crippen LogP contribution in [0.4, 0.5) is 5.69 Å². The average Bonchev–Trinajstić information content (AvgIpc) is 2.97. The fourth-order valence-corrected chi connectivity index (χ4v) is 4.16. The Bertz CT molecular complexity index is 1130. The van der Waals surface area contributed by atoms with Gasteiger partial charge in [0, 0.05) is 24.7 Å². The Morgan fingerprint density at radius 2 is 1.55 bits per heavy atom. The molecule has 1 unspecified atom stereocenters. The summed E-state index contributed by atoms with van der Waals surface area (Å²) in [6.07, 6.45) is 0.901. The Morgan fingerprint density at radius 3 is 2.27 bits per heavy atom. The number of nitrogens with one attached hydrogen (secondary N) is 1. The van der Waals surface area contributed by atoms with E-state index in [-0.39, 0.29) is 30.8 Å². The molecule has 6 heteroatoms. The predicted octanol–water partition coefficient (Wildman–Crippen LogP) is 3.33. The highest BCUT2D eigenvalue weighted by Crippen LogP contribution is 2.37. The van der Waals surface area contributed by atoms with Crippen LogP contribution in [0.3, 0.4) is 0 Å². The number of rotatable bonds is 6. The largest absolute Gasteiger partial charge is 0.347 e. The van der Waals surface area contributed by atoms with Crippen molar-refractivity contribution in [2.24, 2.45) is 0 Å². The molecule has 1 heterocycles. The van der Waals surface area contributed by atoms with Gasteiger partial charge in [-0.2, -0.15) is 0 Å². The van der Waals surface area contributed by atoms with Gasteiger partial charge in [0.2, 0.25) is 17.7 Å². The third-order valence-electron chi connectivity index (χ3n) is 5.94. The third-order valence-corrected chi connectivity index (χ3v) is 5.94. The van der Waals surface area contributed by atoms with E-state index in [4.69, 9.17) is 0 Å². The van der Waals surface area contributed by atoms with Crippen LogP contribution in [0.2, 0.25) is 0 Å². The number of nitrogens with zero attached hydrogens (tertiary/aromatic N) is 2. The summed E-state index contributed by atoms with van der Waals surface area (Å²) in [5.74, 6) is -0.665. The van der Waals surface area contributed by atoms with E-state index in [2.05, 4.69) is 5.32 Å². The summed E-state index contributed by atoms with van der Waals surface area (Å²) in [4.78, 5) is 41.8. The van der Waals surface area contributed by atoms with Crippen molar-refractivity contribution >= 4 is 23.4 Å². The van der Waals surface area contributed by atoms with Crippen LogP contribution in [0.15, 0.2) is 84.9 Å². The van der Waals surface area contributed by atoms with Crippen molar-refractivity contribution in [2.45, 2.75) is 18.9 Å². The van der Waals surface area contributed by atoms with Crippen LogP contribution in [0.1, 0.15) is 29.2 Å². The molecule has 3 aromatic rings. The predicted molar refractivity (Wildman–Crippen MR) is 128 cm³/mol. The van der Waals surface area contributed by atoms with E-state index >= 15 is 0 Å². The summed E-state index contributed by atoms with van der Waals surface area (Å²) in [6, 6.07) is 26.6. The maximum atomic E-state index is 13.3. The molecule has 0 radical (unpaired) electrons. The highest BCUT2D eigenvalue weighted by atomic mass is 16.2. The molecule has 3 amide bonds. The topological polar surface area (TPSA) is 69.7 Å². The molecule has 3 aromatic carbocycles. The van der Waals surface area contributed by atoms with Gasteiger partial charge in [-0.25, -0.2) is 0 Å². The molecular formula is C27H27N3O3. The number of anilines is 1. The number of aryl methyl sites for hydroxylation is 1. The van der Waals surface area contributed by atoms with E-state index in [0.717, 1.165) is 22.4 Å². The van der Waals surface area contributed by atoms with Crippen molar-refractivity contribution in [1.29, 1.82) is 0 Å². The second-order valence-electron chi connectivity index (χ2n) is 8.11. The minimum Gasteiger partial charge on any atom is -0.347 e. The molecule has 1 N–H and O–H groups in total. The third kappa shape index (κ3) is 5.12. The number of fused-ring (bicyclic) bond motifs is 1. The van der Waals surface area contributed by atoms with E-state index in [1.54, 1.807) is 16.8 Å². The Morgan fingerprint density at radius 1 is 0.909 bits per heavy atom. The van der Waals surface area contributed by atoms with Crippen molar-refractivity contribution in [1.82, 2.24) is 10.2 Å². The fourth-order valence-electron chi connectivity index (χ4n) is 4.16. The standard InChI is InChI=1S/C27H27N3O3/c1-29-23-15-9-8-14-22(23)27(21-12-6-3-7-13-21)30(19-26(29)33)25(32)18-28-24(31)17-16-20-10-4-2-5-11-20/h2-15,27H,16-19H2,1H3,(H,28,31). The minimum absolute atomic E-state index is 0.0660. The van der Waals surface area contributed by atoms with E-state index in [1.807, 2.05) is 84.9 Å². The van der Waals surface area contributed by atoms with Gasteiger partial charge in [-0.05, 0) is 23.6 Å². The normalized spacial score (nSPS) is 15.5. The van der Waals surface area contributed by atoms with Gasteiger partial charge in [-0.3, -0.25) is 14.4 Å². The lowest BCUT2D eigenvalue weighted by molar-refractivity contribution is -0.137. The number of para-hydroxylation sites is 1. The van der Waals surface area contributed by atoms with Crippen LogP contribution in [-0.2, 0) is 20.8 Å². The lowest BCUT2D eigenvalue weighted by atomic mass is 9.95. The molecule has 0 aromatic heterocycles. The summed E-state index contributed by atoms with van der Waals surface area (Å²) < 4.78 is 0. The molecule has 4 rings (SSSR count). The Kier molecular flexibility index (Phi) is 6.83. The number of hydrogen-bond acceptors (Lipinski definition) is 3. The maximum absolute atomic E-state index is 13.3. The molecule has 0 saturated carbocycles. The van der Waals surface area contributed by atoms with Gasteiger partial charge in [0.1, 0.15) is 6.54 Å². The Balaban J connectivity index is 1.53. The molecule has 1 atom stereocenters. The van der Waals surface area contributed by atoms with E-state index in [1.165, 1.54) is 0 Å². The second-order valence-corrected chi connectivity index (χ2v) is 8.11. The molecule has 6 nitrogen and oxygen atoms in total. The van der Waals surface area contributed by atoms with Crippen LogP contribution < -0.4 is 10.2 Å². The van der Waals surface area contributed by atoms with Gasteiger partial charge in [0.15, 0.2) is 0 Å². The van der Waals surface area contributed by atoms with E-state index < -0.39 is 6.04 Å². The first-order chi connectivity index (χ1) is 16.0. The van der Waals surface area contributed by atoms with Gasteiger partial charge in [-0.1, -0.05) is 78.9 Å². The van der Waals surface area contributed by atoms with Crippen molar-refractivity contribution in [3.8, 4) is 0 Å². The van der Waals surface area contributed by atoms with Crippen LogP contribution >= 0.6 is 0 Å². The van der Waals surface area contributed by atoms with E-state index in [0.29, 0.717) is 12.8 Å². The number of benzene rings is 3. The molecule has 0 fully saturated rings. The van der Waals surface area contributed by atoms with Gasteiger partial charge in [0.25, 0.3) is 0 Å². The molecule has 1 aliphatic rings. The van der Waals surface area contributed by atoms with Gasteiger partial charge < -0.3 is 15.1 Å². The lowest BCUT2D eigenvalue weighted by Crippen LogP contribution is -2.45.